The first kappa shape index (κ1) is 18.4. The third kappa shape index (κ3) is 4.96. The predicted octanol–water partition coefficient (Wildman–Crippen LogP) is 3.29. The lowest BCUT2D eigenvalue weighted by molar-refractivity contribution is -0.153. The molecule has 1 aliphatic rings. The van der Waals surface area contributed by atoms with Gasteiger partial charge in [-0.1, -0.05) is 13.3 Å². The van der Waals surface area contributed by atoms with Crippen LogP contribution in [-0.2, 0) is 14.3 Å². The van der Waals surface area contributed by atoms with Gasteiger partial charge in [-0.2, -0.15) is 0 Å². The van der Waals surface area contributed by atoms with Crippen LogP contribution in [0.25, 0.3) is 0 Å². The van der Waals surface area contributed by atoms with Gasteiger partial charge in [0.2, 0.25) is 0 Å². The quantitative estimate of drug-likeness (QED) is 0.664. The van der Waals surface area contributed by atoms with Crippen LogP contribution >= 0.6 is 0 Å². The Morgan fingerprint density at radius 2 is 2.05 bits per heavy atom. The number of rotatable bonds is 9. The van der Waals surface area contributed by atoms with Gasteiger partial charge < -0.3 is 9.47 Å². The van der Waals surface area contributed by atoms with Gasteiger partial charge in [0.15, 0.2) is 0 Å². The molecule has 0 aliphatic heterocycles. The monoisotopic (exact) mass is 299 g/mol. The summed E-state index contributed by atoms with van der Waals surface area (Å²) in [6.07, 6.45) is 5.26. The molecular formula is C17H33NO3. The molecule has 0 spiro atoms. The van der Waals surface area contributed by atoms with Crippen molar-refractivity contribution in [2.45, 2.75) is 84.4 Å². The van der Waals surface area contributed by atoms with Gasteiger partial charge in [-0.05, 0) is 59.3 Å². The highest BCUT2D eigenvalue weighted by Crippen LogP contribution is 2.39. The molecule has 1 rings (SSSR count). The van der Waals surface area contributed by atoms with Crippen molar-refractivity contribution in [3.05, 3.63) is 0 Å². The summed E-state index contributed by atoms with van der Waals surface area (Å²) in [4.78, 5) is 12.5. The smallest absolute Gasteiger partial charge is 0.326 e. The zero-order valence-corrected chi connectivity index (χ0v) is 14.4. The number of hydrogen-bond acceptors (Lipinski definition) is 4. The summed E-state index contributed by atoms with van der Waals surface area (Å²) in [5.41, 5.74) is -0.511. The summed E-state index contributed by atoms with van der Waals surface area (Å²) >= 11 is 0. The Morgan fingerprint density at radius 1 is 1.33 bits per heavy atom. The molecule has 4 nitrogen and oxygen atoms in total. The molecule has 1 fully saturated rings. The number of carbonyl (C=O) groups excluding carboxylic acids is 1. The van der Waals surface area contributed by atoms with Gasteiger partial charge in [0.1, 0.15) is 5.54 Å². The zero-order chi connectivity index (χ0) is 15.9. The minimum Gasteiger partial charge on any atom is -0.465 e. The van der Waals surface area contributed by atoms with E-state index in [0.29, 0.717) is 18.6 Å². The molecule has 0 saturated heterocycles. The van der Waals surface area contributed by atoms with E-state index in [4.69, 9.17) is 9.47 Å². The number of hydrogen-bond donors (Lipinski definition) is 1. The van der Waals surface area contributed by atoms with Crippen molar-refractivity contribution >= 4 is 5.97 Å². The van der Waals surface area contributed by atoms with Crippen LogP contribution in [0.15, 0.2) is 0 Å². The van der Waals surface area contributed by atoms with E-state index in [-0.39, 0.29) is 12.0 Å². The summed E-state index contributed by atoms with van der Waals surface area (Å²) in [5.74, 6) is 0.229. The first-order valence-corrected chi connectivity index (χ1v) is 8.52. The maximum atomic E-state index is 12.5. The van der Waals surface area contributed by atoms with Crippen LogP contribution in [0.4, 0.5) is 0 Å². The zero-order valence-electron chi connectivity index (χ0n) is 14.4. The molecule has 0 aromatic carbocycles. The van der Waals surface area contributed by atoms with Crippen LogP contribution in [-0.4, -0.2) is 36.9 Å². The molecule has 0 bridgehead atoms. The highest BCUT2D eigenvalue weighted by molar-refractivity contribution is 5.82. The number of carbonyl (C=O) groups is 1. The van der Waals surface area contributed by atoms with Gasteiger partial charge in [-0.25, -0.2) is 0 Å². The molecule has 21 heavy (non-hydrogen) atoms. The van der Waals surface area contributed by atoms with Crippen LogP contribution < -0.4 is 5.32 Å². The van der Waals surface area contributed by atoms with Crippen molar-refractivity contribution in [3.63, 3.8) is 0 Å². The Morgan fingerprint density at radius 3 is 2.62 bits per heavy atom. The minimum absolute atomic E-state index is 0.0789. The number of nitrogens with one attached hydrogen (secondary N) is 1. The van der Waals surface area contributed by atoms with E-state index in [2.05, 4.69) is 33.0 Å². The van der Waals surface area contributed by atoms with Gasteiger partial charge in [-0.3, -0.25) is 10.1 Å². The Labute approximate surface area is 130 Å². The Bertz CT molecular complexity index is 319. The molecule has 3 atom stereocenters. The fourth-order valence-corrected chi connectivity index (χ4v) is 3.29. The van der Waals surface area contributed by atoms with Crippen molar-refractivity contribution in [1.29, 1.82) is 0 Å². The van der Waals surface area contributed by atoms with Crippen molar-refractivity contribution < 1.29 is 14.3 Å². The van der Waals surface area contributed by atoms with E-state index in [1.165, 1.54) is 0 Å². The van der Waals surface area contributed by atoms with E-state index in [9.17, 15) is 4.79 Å². The van der Waals surface area contributed by atoms with E-state index in [0.717, 1.165) is 38.7 Å². The fraction of sp³-hybridized carbons (Fsp3) is 0.941. The first-order chi connectivity index (χ1) is 9.96. The van der Waals surface area contributed by atoms with E-state index in [1.54, 1.807) is 0 Å². The maximum absolute atomic E-state index is 12.5. The molecule has 1 aliphatic carbocycles. The second kappa shape index (κ2) is 8.74. The van der Waals surface area contributed by atoms with Gasteiger partial charge in [-0.15, -0.1) is 0 Å². The SMILES string of the molecule is CCOC(=O)C1(NC(C)C)CCCC1CCOC(C)CC. The van der Waals surface area contributed by atoms with Crippen LogP contribution in [0, 0.1) is 5.92 Å². The molecule has 0 amide bonds. The molecule has 0 radical (unpaired) electrons. The van der Waals surface area contributed by atoms with Crippen LogP contribution in [0.5, 0.6) is 0 Å². The lowest BCUT2D eigenvalue weighted by Crippen LogP contribution is -2.58. The van der Waals surface area contributed by atoms with Gasteiger partial charge in [0, 0.05) is 12.6 Å². The third-order valence-electron chi connectivity index (χ3n) is 4.45. The normalized spacial score (nSPS) is 27.0. The summed E-state index contributed by atoms with van der Waals surface area (Å²) in [6, 6.07) is 0.269. The summed E-state index contributed by atoms with van der Waals surface area (Å²) in [6.45, 7) is 11.4. The minimum atomic E-state index is -0.511. The Balaban J connectivity index is 2.71. The second-order valence-corrected chi connectivity index (χ2v) is 6.46. The summed E-state index contributed by atoms with van der Waals surface area (Å²) < 4.78 is 11.2. The van der Waals surface area contributed by atoms with Gasteiger partial charge >= 0.3 is 5.97 Å². The number of esters is 1. The molecule has 0 aromatic heterocycles. The second-order valence-electron chi connectivity index (χ2n) is 6.46. The van der Waals surface area contributed by atoms with Crippen molar-refractivity contribution in [3.8, 4) is 0 Å². The van der Waals surface area contributed by atoms with Crippen LogP contribution in [0.1, 0.15) is 66.7 Å². The molecule has 0 aromatic rings. The maximum Gasteiger partial charge on any atom is 0.326 e. The number of ether oxygens (including phenoxy) is 2. The third-order valence-corrected chi connectivity index (χ3v) is 4.45. The highest BCUT2D eigenvalue weighted by Gasteiger charge is 2.49. The molecule has 124 valence electrons. The van der Waals surface area contributed by atoms with E-state index < -0.39 is 5.54 Å². The molecule has 4 heteroatoms. The predicted molar refractivity (Wildman–Crippen MR) is 85.3 cm³/mol. The lowest BCUT2D eigenvalue weighted by atomic mass is 9.84. The average molecular weight is 299 g/mol. The van der Waals surface area contributed by atoms with Crippen molar-refractivity contribution in [2.75, 3.05) is 13.2 Å². The lowest BCUT2D eigenvalue weighted by Gasteiger charge is -2.36. The average Bonchev–Trinajstić information content (AvgIpc) is 2.82. The fourth-order valence-electron chi connectivity index (χ4n) is 3.29. The molecule has 1 saturated carbocycles. The molecular weight excluding hydrogens is 266 g/mol. The van der Waals surface area contributed by atoms with Crippen LogP contribution in [0.2, 0.25) is 0 Å². The Kier molecular flexibility index (Phi) is 7.67. The first-order valence-electron chi connectivity index (χ1n) is 8.52. The molecule has 1 N–H and O–H groups in total. The molecule has 3 unspecified atom stereocenters. The van der Waals surface area contributed by atoms with Gasteiger partial charge in [0.05, 0.1) is 12.7 Å². The standard InChI is InChI=1S/C17H33NO3/c1-6-14(5)21-12-10-15-9-8-11-17(15,18-13(3)4)16(19)20-7-2/h13-15,18H,6-12H2,1-5H3. The van der Waals surface area contributed by atoms with E-state index in [1.807, 2.05) is 6.92 Å². The highest BCUT2D eigenvalue weighted by atomic mass is 16.5. The van der Waals surface area contributed by atoms with Gasteiger partial charge in [0.25, 0.3) is 0 Å². The topological polar surface area (TPSA) is 47.6 Å². The Hall–Kier alpha value is -0.610. The summed E-state index contributed by atoms with van der Waals surface area (Å²) in [7, 11) is 0. The largest absolute Gasteiger partial charge is 0.465 e. The van der Waals surface area contributed by atoms with Crippen LogP contribution in [0.3, 0.4) is 0 Å². The van der Waals surface area contributed by atoms with E-state index >= 15 is 0 Å². The van der Waals surface area contributed by atoms with Crippen molar-refractivity contribution in [2.24, 2.45) is 5.92 Å². The summed E-state index contributed by atoms with van der Waals surface area (Å²) in [5, 5.41) is 3.51. The molecule has 0 heterocycles. The van der Waals surface area contributed by atoms with Crippen molar-refractivity contribution in [1.82, 2.24) is 5.32 Å².